The number of hydrogen-bond donors (Lipinski definition) is 2. The molecule has 0 aliphatic rings. The number of anilines is 1. The van der Waals surface area contributed by atoms with Gasteiger partial charge in [0, 0.05) is 12.1 Å². The molecule has 1 aromatic carbocycles. The van der Waals surface area contributed by atoms with Gasteiger partial charge >= 0.3 is 5.97 Å². The summed E-state index contributed by atoms with van der Waals surface area (Å²) < 4.78 is 0. The highest BCUT2D eigenvalue weighted by atomic mass is 16.4. The summed E-state index contributed by atoms with van der Waals surface area (Å²) >= 11 is 0. The van der Waals surface area contributed by atoms with E-state index in [0.717, 1.165) is 0 Å². The van der Waals surface area contributed by atoms with Crippen LogP contribution in [0.1, 0.15) is 25.8 Å². The number of aliphatic carboxylic acids is 1. The maximum Gasteiger partial charge on any atom is 0.313 e. The Labute approximate surface area is 106 Å². The first kappa shape index (κ1) is 14.0. The monoisotopic (exact) mass is 247 g/mol. The molecular weight excluding hydrogens is 230 g/mol. The molecule has 96 valence electrons. The fourth-order valence-electron chi connectivity index (χ4n) is 1.44. The molecule has 0 unspecified atom stereocenters. The summed E-state index contributed by atoms with van der Waals surface area (Å²) in [5.41, 5.74) is 0.396. The van der Waals surface area contributed by atoms with E-state index in [0.29, 0.717) is 11.3 Å². The van der Waals surface area contributed by atoms with Gasteiger partial charge in [0.2, 0.25) is 5.91 Å². The van der Waals surface area contributed by atoms with Crippen molar-refractivity contribution in [2.45, 2.75) is 25.7 Å². The van der Waals surface area contributed by atoms with E-state index < -0.39 is 11.4 Å². The second-order valence-corrected chi connectivity index (χ2v) is 4.55. The van der Waals surface area contributed by atoms with Gasteiger partial charge in [0.05, 0.1) is 5.41 Å². The highest BCUT2D eigenvalue weighted by molar-refractivity contribution is 5.91. The number of amides is 1. The lowest BCUT2D eigenvalue weighted by atomic mass is 9.85. The van der Waals surface area contributed by atoms with Crippen LogP contribution in [0.25, 0.3) is 0 Å². The van der Waals surface area contributed by atoms with Crippen LogP contribution < -0.4 is 5.32 Å². The van der Waals surface area contributed by atoms with E-state index in [-0.39, 0.29) is 12.3 Å². The van der Waals surface area contributed by atoms with Gasteiger partial charge in [0.1, 0.15) is 0 Å². The Hall–Kier alpha value is -2.10. The van der Waals surface area contributed by atoms with Crippen molar-refractivity contribution in [3.05, 3.63) is 42.5 Å². The molecule has 0 saturated heterocycles. The van der Waals surface area contributed by atoms with Gasteiger partial charge < -0.3 is 10.4 Å². The summed E-state index contributed by atoms with van der Waals surface area (Å²) in [7, 11) is 0. The summed E-state index contributed by atoms with van der Waals surface area (Å²) in [6, 6.07) is 6.80. The molecule has 0 aliphatic carbocycles. The number of nitrogens with one attached hydrogen (secondary N) is 1. The highest BCUT2D eigenvalue weighted by Crippen LogP contribution is 2.24. The third kappa shape index (κ3) is 3.20. The Balaban J connectivity index is 2.83. The van der Waals surface area contributed by atoms with E-state index in [9.17, 15) is 9.59 Å². The molecule has 0 aromatic heterocycles. The summed E-state index contributed by atoms with van der Waals surface area (Å²) in [5.74, 6) is -1.03. The molecule has 0 spiro atoms. The van der Waals surface area contributed by atoms with Gasteiger partial charge in [-0.05, 0) is 31.5 Å². The molecule has 0 radical (unpaired) electrons. The molecule has 0 aliphatic heterocycles. The van der Waals surface area contributed by atoms with E-state index in [2.05, 4.69) is 11.9 Å². The zero-order chi connectivity index (χ0) is 13.8. The van der Waals surface area contributed by atoms with Gasteiger partial charge in [0.25, 0.3) is 0 Å². The average Bonchev–Trinajstić information content (AvgIpc) is 2.29. The lowest BCUT2D eigenvalue weighted by molar-refractivity contribution is -0.142. The van der Waals surface area contributed by atoms with Crippen LogP contribution in [0, 0.1) is 0 Å². The number of benzene rings is 1. The summed E-state index contributed by atoms with van der Waals surface area (Å²) in [6.07, 6.45) is 1.78. The number of rotatable bonds is 5. The zero-order valence-electron chi connectivity index (χ0n) is 10.6. The van der Waals surface area contributed by atoms with Crippen LogP contribution in [0.15, 0.2) is 36.9 Å². The molecule has 1 amide bonds. The second kappa shape index (κ2) is 5.49. The predicted molar refractivity (Wildman–Crippen MR) is 70.5 cm³/mol. The number of carboxylic acids is 1. The van der Waals surface area contributed by atoms with Gasteiger partial charge in [-0.1, -0.05) is 18.2 Å². The van der Waals surface area contributed by atoms with Crippen molar-refractivity contribution in [1.29, 1.82) is 0 Å². The molecule has 0 saturated carbocycles. The van der Waals surface area contributed by atoms with E-state index >= 15 is 0 Å². The Bertz CT molecular complexity index is 460. The van der Waals surface area contributed by atoms with Crippen molar-refractivity contribution in [2.75, 3.05) is 5.32 Å². The first-order chi connectivity index (χ1) is 8.37. The maximum absolute atomic E-state index is 11.3. The average molecular weight is 247 g/mol. The summed E-state index contributed by atoms with van der Waals surface area (Å²) in [6.45, 7) is 6.76. The molecule has 18 heavy (non-hydrogen) atoms. The predicted octanol–water partition coefficient (Wildman–Crippen LogP) is 2.56. The van der Waals surface area contributed by atoms with E-state index in [1.807, 2.05) is 0 Å². The topological polar surface area (TPSA) is 66.4 Å². The fraction of sp³-hybridized carbons (Fsp3) is 0.286. The first-order valence-electron chi connectivity index (χ1n) is 5.62. The van der Waals surface area contributed by atoms with Gasteiger partial charge in [0.15, 0.2) is 0 Å². The van der Waals surface area contributed by atoms with Gasteiger partial charge in [-0.2, -0.15) is 0 Å². The van der Waals surface area contributed by atoms with E-state index in [1.165, 1.54) is 6.08 Å². The lowest BCUT2D eigenvalue weighted by Gasteiger charge is -2.19. The molecule has 0 heterocycles. The van der Waals surface area contributed by atoms with E-state index in [4.69, 9.17) is 5.11 Å². The molecule has 4 heteroatoms. The SMILES string of the molecule is C=CCC(=O)Nc1ccc(C(C)(C)C(=O)O)cc1. The van der Waals surface area contributed by atoms with Crippen molar-refractivity contribution >= 4 is 17.6 Å². The quantitative estimate of drug-likeness (QED) is 0.786. The Kier molecular flexibility index (Phi) is 4.26. The normalized spacial score (nSPS) is 10.8. The minimum atomic E-state index is -0.941. The van der Waals surface area contributed by atoms with Crippen molar-refractivity contribution < 1.29 is 14.7 Å². The maximum atomic E-state index is 11.3. The van der Waals surface area contributed by atoms with E-state index in [1.54, 1.807) is 38.1 Å². The lowest BCUT2D eigenvalue weighted by Crippen LogP contribution is -2.28. The Morgan fingerprint density at radius 1 is 1.33 bits per heavy atom. The second-order valence-electron chi connectivity index (χ2n) is 4.55. The molecule has 1 rings (SSSR count). The number of carbonyl (C=O) groups excluding carboxylic acids is 1. The molecule has 0 atom stereocenters. The van der Waals surface area contributed by atoms with Crippen LogP contribution in [0.5, 0.6) is 0 Å². The van der Waals surface area contributed by atoms with Crippen LogP contribution in [0.4, 0.5) is 5.69 Å². The Morgan fingerprint density at radius 3 is 2.33 bits per heavy atom. The Morgan fingerprint density at radius 2 is 1.89 bits per heavy atom. The zero-order valence-corrected chi connectivity index (χ0v) is 10.6. The molecule has 0 fully saturated rings. The third-order valence-electron chi connectivity index (χ3n) is 2.75. The third-order valence-corrected chi connectivity index (χ3v) is 2.75. The van der Waals surface area contributed by atoms with Crippen molar-refractivity contribution in [3.8, 4) is 0 Å². The number of hydrogen-bond acceptors (Lipinski definition) is 2. The van der Waals surface area contributed by atoms with Crippen molar-refractivity contribution in [1.82, 2.24) is 0 Å². The molecular formula is C14H17NO3. The molecule has 1 aromatic rings. The van der Waals surface area contributed by atoms with Gasteiger partial charge in [-0.3, -0.25) is 9.59 Å². The van der Waals surface area contributed by atoms with Crippen LogP contribution in [-0.2, 0) is 15.0 Å². The summed E-state index contributed by atoms with van der Waals surface area (Å²) in [4.78, 5) is 22.4. The molecule has 2 N–H and O–H groups in total. The smallest absolute Gasteiger partial charge is 0.313 e. The highest BCUT2D eigenvalue weighted by Gasteiger charge is 2.29. The standard InChI is InChI=1S/C14H17NO3/c1-4-5-12(16)15-11-8-6-10(7-9-11)14(2,3)13(17)18/h4,6-9H,1,5H2,2-3H3,(H,15,16)(H,17,18). The summed E-state index contributed by atoms with van der Waals surface area (Å²) in [5, 5.41) is 11.8. The first-order valence-corrected chi connectivity index (χ1v) is 5.62. The number of carbonyl (C=O) groups is 2. The van der Waals surface area contributed by atoms with Gasteiger partial charge in [-0.25, -0.2) is 0 Å². The minimum absolute atomic E-state index is 0.143. The molecule has 4 nitrogen and oxygen atoms in total. The van der Waals surface area contributed by atoms with Crippen molar-refractivity contribution in [2.24, 2.45) is 0 Å². The van der Waals surface area contributed by atoms with Crippen molar-refractivity contribution in [3.63, 3.8) is 0 Å². The number of carboxylic acid groups (broad SMARTS) is 1. The van der Waals surface area contributed by atoms with Gasteiger partial charge in [-0.15, -0.1) is 6.58 Å². The van der Waals surface area contributed by atoms with Crippen LogP contribution >= 0.6 is 0 Å². The largest absolute Gasteiger partial charge is 0.481 e. The molecule has 0 bridgehead atoms. The van der Waals surface area contributed by atoms with Crippen LogP contribution in [0.2, 0.25) is 0 Å². The fourth-order valence-corrected chi connectivity index (χ4v) is 1.44. The minimum Gasteiger partial charge on any atom is -0.481 e. The van der Waals surface area contributed by atoms with Crippen LogP contribution in [-0.4, -0.2) is 17.0 Å². The van der Waals surface area contributed by atoms with Crippen LogP contribution in [0.3, 0.4) is 0 Å².